The summed E-state index contributed by atoms with van der Waals surface area (Å²) in [4.78, 5) is 2.31. The third-order valence-corrected chi connectivity index (χ3v) is 8.07. The van der Waals surface area contributed by atoms with Crippen molar-refractivity contribution >= 4 is 61.0 Å². The normalized spacial score (nSPS) is 12.6. The number of hydrogen-bond acceptors (Lipinski definition) is 3. The third kappa shape index (κ3) is 3.13. The SMILES string of the molecule is NC1=C(N)c2ccc(-n3c4ccccc4c4cc(N(c5ccccc5)c5ccccc5)ccc43)c3cccc1c23. The highest BCUT2D eigenvalue weighted by molar-refractivity contribution is 6.16. The van der Waals surface area contributed by atoms with Crippen LogP contribution in [0.3, 0.4) is 0 Å². The first kappa shape index (κ1) is 22.5. The van der Waals surface area contributed by atoms with Crippen molar-refractivity contribution in [1.82, 2.24) is 4.57 Å². The van der Waals surface area contributed by atoms with Gasteiger partial charge in [-0.3, -0.25) is 0 Å². The van der Waals surface area contributed by atoms with Crippen molar-refractivity contribution in [2.75, 3.05) is 4.90 Å². The largest absolute Gasteiger partial charge is 0.397 e. The van der Waals surface area contributed by atoms with Gasteiger partial charge in [-0.2, -0.15) is 0 Å². The zero-order valence-corrected chi connectivity index (χ0v) is 21.8. The van der Waals surface area contributed by atoms with Gasteiger partial charge in [0, 0.05) is 49.7 Å². The van der Waals surface area contributed by atoms with E-state index in [2.05, 4.69) is 143 Å². The van der Waals surface area contributed by atoms with E-state index in [9.17, 15) is 0 Å². The molecule has 4 heteroatoms. The van der Waals surface area contributed by atoms with Crippen LogP contribution in [0.4, 0.5) is 17.1 Å². The van der Waals surface area contributed by atoms with Crippen LogP contribution in [0.2, 0.25) is 0 Å². The minimum atomic E-state index is 0.659. The molecule has 0 radical (unpaired) electrons. The second kappa shape index (κ2) is 8.52. The topological polar surface area (TPSA) is 60.2 Å². The van der Waals surface area contributed by atoms with Gasteiger partial charge in [0.1, 0.15) is 0 Å². The number of aromatic nitrogens is 1. The van der Waals surface area contributed by atoms with E-state index >= 15 is 0 Å². The van der Waals surface area contributed by atoms with Gasteiger partial charge in [0.25, 0.3) is 0 Å². The van der Waals surface area contributed by atoms with Crippen molar-refractivity contribution in [2.24, 2.45) is 11.5 Å². The van der Waals surface area contributed by atoms with Crippen LogP contribution < -0.4 is 16.4 Å². The molecule has 0 saturated heterocycles. The Morgan fingerprint density at radius 3 is 1.77 bits per heavy atom. The zero-order chi connectivity index (χ0) is 26.8. The fraction of sp³-hybridized carbons (Fsp3) is 0. The van der Waals surface area contributed by atoms with Gasteiger partial charge >= 0.3 is 0 Å². The molecule has 4 nitrogen and oxygen atoms in total. The molecule has 0 unspecified atom stereocenters. The molecular weight excluding hydrogens is 488 g/mol. The lowest BCUT2D eigenvalue weighted by Gasteiger charge is -2.25. The summed E-state index contributed by atoms with van der Waals surface area (Å²) < 4.78 is 2.37. The average molecular weight is 515 g/mol. The van der Waals surface area contributed by atoms with E-state index < -0.39 is 0 Å². The number of benzene rings is 6. The maximum absolute atomic E-state index is 6.42. The van der Waals surface area contributed by atoms with Gasteiger partial charge in [-0.25, -0.2) is 0 Å². The molecule has 4 N–H and O–H groups in total. The van der Waals surface area contributed by atoms with Crippen molar-refractivity contribution in [2.45, 2.75) is 0 Å². The van der Waals surface area contributed by atoms with Gasteiger partial charge in [-0.15, -0.1) is 0 Å². The van der Waals surface area contributed by atoms with Gasteiger partial charge in [-0.1, -0.05) is 78.9 Å². The summed E-state index contributed by atoms with van der Waals surface area (Å²) in [6, 6.07) is 47.0. The Balaban J connectivity index is 1.40. The minimum absolute atomic E-state index is 0.659. The highest BCUT2D eigenvalue weighted by Crippen LogP contribution is 2.43. The molecule has 0 amide bonds. The Kier molecular flexibility index (Phi) is 4.79. The maximum Gasteiger partial charge on any atom is 0.0634 e. The fourth-order valence-electron chi connectivity index (χ4n) is 6.29. The molecule has 0 fully saturated rings. The summed E-state index contributed by atoms with van der Waals surface area (Å²) in [6.45, 7) is 0. The lowest BCUT2D eigenvalue weighted by Crippen LogP contribution is -2.09. The highest BCUT2D eigenvalue weighted by atomic mass is 15.1. The molecule has 1 aromatic heterocycles. The first-order chi connectivity index (χ1) is 19.7. The molecule has 190 valence electrons. The minimum Gasteiger partial charge on any atom is -0.397 e. The molecule has 8 rings (SSSR count). The van der Waals surface area contributed by atoms with Crippen LogP contribution in [-0.2, 0) is 0 Å². The Morgan fingerprint density at radius 1 is 0.450 bits per heavy atom. The molecule has 6 aromatic carbocycles. The van der Waals surface area contributed by atoms with E-state index in [-0.39, 0.29) is 0 Å². The van der Waals surface area contributed by atoms with Gasteiger partial charge in [-0.05, 0) is 54.6 Å². The van der Waals surface area contributed by atoms with Crippen LogP contribution in [0, 0.1) is 0 Å². The molecular formula is C36H26N4. The summed E-state index contributed by atoms with van der Waals surface area (Å²) in [5.74, 6) is 0. The first-order valence-electron chi connectivity index (χ1n) is 13.5. The molecule has 1 aliphatic carbocycles. The Morgan fingerprint density at radius 2 is 1.05 bits per heavy atom. The van der Waals surface area contributed by atoms with Crippen LogP contribution in [0.25, 0.3) is 49.7 Å². The predicted octanol–water partition coefficient (Wildman–Crippen LogP) is 8.46. The van der Waals surface area contributed by atoms with Crippen molar-refractivity contribution in [3.8, 4) is 5.69 Å². The van der Waals surface area contributed by atoms with E-state index in [0.29, 0.717) is 11.4 Å². The summed E-state index contributed by atoms with van der Waals surface area (Å²) in [7, 11) is 0. The molecule has 0 aliphatic heterocycles. The summed E-state index contributed by atoms with van der Waals surface area (Å²) >= 11 is 0. The summed E-state index contributed by atoms with van der Waals surface area (Å²) in [5, 5.41) is 4.67. The van der Waals surface area contributed by atoms with Gasteiger partial charge in [0.15, 0.2) is 0 Å². The van der Waals surface area contributed by atoms with Crippen LogP contribution in [0.1, 0.15) is 11.1 Å². The quantitative estimate of drug-likeness (QED) is 0.248. The lowest BCUT2D eigenvalue weighted by molar-refractivity contribution is 1.19. The predicted molar refractivity (Wildman–Crippen MR) is 168 cm³/mol. The second-order valence-corrected chi connectivity index (χ2v) is 10.2. The number of anilines is 3. The Hall–Kier alpha value is -5.48. The number of rotatable bonds is 4. The van der Waals surface area contributed by atoms with E-state index in [1.54, 1.807) is 0 Å². The van der Waals surface area contributed by atoms with Crippen molar-refractivity contribution in [3.63, 3.8) is 0 Å². The molecule has 0 spiro atoms. The lowest BCUT2D eigenvalue weighted by atomic mass is 10.0. The number of hydrogen-bond donors (Lipinski definition) is 2. The number of fused-ring (bicyclic) bond motifs is 3. The summed E-state index contributed by atoms with van der Waals surface area (Å²) in [5.41, 5.74) is 22.9. The monoisotopic (exact) mass is 514 g/mol. The van der Waals surface area contributed by atoms with E-state index in [1.807, 2.05) is 0 Å². The van der Waals surface area contributed by atoms with Crippen LogP contribution in [0.5, 0.6) is 0 Å². The number of para-hydroxylation sites is 3. The van der Waals surface area contributed by atoms with Crippen LogP contribution >= 0.6 is 0 Å². The number of nitrogens with zero attached hydrogens (tertiary/aromatic N) is 2. The van der Waals surface area contributed by atoms with Gasteiger partial charge in [0.05, 0.1) is 28.1 Å². The first-order valence-corrected chi connectivity index (χ1v) is 13.5. The van der Waals surface area contributed by atoms with E-state index in [0.717, 1.165) is 55.7 Å². The maximum atomic E-state index is 6.42. The molecule has 7 aromatic rings. The van der Waals surface area contributed by atoms with Gasteiger partial charge < -0.3 is 20.9 Å². The smallest absolute Gasteiger partial charge is 0.0634 e. The van der Waals surface area contributed by atoms with E-state index in [4.69, 9.17) is 11.5 Å². The molecule has 0 saturated carbocycles. The van der Waals surface area contributed by atoms with Crippen molar-refractivity contribution in [1.29, 1.82) is 0 Å². The Labute approximate surface area is 232 Å². The van der Waals surface area contributed by atoms with Crippen LogP contribution in [0.15, 0.2) is 133 Å². The summed E-state index contributed by atoms with van der Waals surface area (Å²) in [6.07, 6.45) is 0. The molecule has 40 heavy (non-hydrogen) atoms. The van der Waals surface area contributed by atoms with Gasteiger partial charge in [0.2, 0.25) is 0 Å². The second-order valence-electron chi connectivity index (χ2n) is 10.2. The third-order valence-electron chi connectivity index (χ3n) is 8.07. The molecule has 0 bridgehead atoms. The zero-order valence-electron chi connectivity index (χ0n) is 21.8. The fourth-order valence-corrected chi connectivity index (χ4v) is 6.29. The Bertz CT molecular complexity index is 2060. The standard InChI is InChI=1S/C36H26N4/c37-35-28-16-9-15-27-32(21-19-29(34(27)28)36(35)38)40-31-17-8-7-14-26(31)30-22-25(18-20-33(30)40)39(23-10-3-1-4-11-23)24-12-5-2-6-13-24/h1-22H,37-38H2. The van der Waals surface area contributed by atoms with Crippen molar-refractivity contribution < 1.29 is 0 Å². The molecule has 0 atom stereocenters. The van der Waals surface area contributed by atoms with Crippen molar-refractivity contribution in [3.05, 3.63) is 145 Å². The van der Waals surface area contributed by atoms with Crippen LogP contribution in [-0.4, -0.2) is 4.57 Å². The number of nitrogens with two attached hydrogens (primary N) is 2. The molecule has 1 aliphatic rings. The molecule has 1 heterocycles. The highest BCUT2D eigenvalue weighted by Gasteiger charge is 2.24. The average Bonchev–Trinajstić information content (AvgIpc) is 3.47. The van der Waals surface area contributed by atoms with E-state index in [1.165, 1.54) is 10.8 Å².